The molecule has 1 aromatic carbocycles. The highest BCUT2D eigenvalue weighted by molar-refractivity contribution is 5.77. The molecule has 1 aromatic rings. The largest absolute Gasteiger partial charge is 0.349 e. The maximum absolute atomic E-state index is 12.3. The highest BCUT2D eigenvalue weighted by Gasteiger charge is 2.38. The molecule has 1 aliphatic heterocycles. The van der Waals surface area contributed by atoms with Crippen LogP contribution in [0, 0.1) is 0 Å². The van der Waals surface area contributed by atoms with E-state index in [2.05, 4.69) is 43.0 Å². The van der Waals surface area contributed by atoms with E-state index in [0.29, 0.717) is 12.5 Å². The lowest BCUT2D eigenvalue weighted by atomic mass is 9.70. The molecule has 0 radical (unpaired) electrons. The molecule has 0 aromatic heterocycles. The summed E-state index contributed by atoms with van der Waals surface area (Å²) < 4.78 is 0. The van der Waals surface area contributed by atoms with Gasteiger partial charge in [-0.25, -0.2) is 0 Å². The molecule has 1 fully saturated rings. The molecule has 0 bridgehead atoms. The number of carbonyl (C=O) groups is 1. The molecular weight excluding hydrogens is 260 g/mol. The minimum atomic E-state index is 0.00794. The van der Waals surface area contributed by atoms with Gasteiger partial charge < -0.3 is 9.80 Å². The lowest BCUT2D eigenvalue weighted by molar-refractivity contribution is -0.130. The average Bonchev–Trinajstić information content (AvgIpc) is 2.48. The number of rotatable bonds is 4. The van der Waals surface area contributed by atoms with E-state index in [1.54, 1.807) is 4.90 Å². The number of piperidine rings is 1. The van der Waals surface area contributed by atoms with Gasteiger partial charge in [-0.2, -0.15) is 0 Å². The van der Waals surface area contributed by atoms with Gasteiger partial charge in [-0.1, -0.05) is 30.3 Å². The zero-order chi connectivity index (χ0) is 15.5. The molecule has 1 amide bonds. The summed E-state index contributed by atoms with van der Waals surface area (Å²) in [5.41, 5.74) is 1.33. The maximum atomic E-state index is 12.3. The Morgan fingerprint density at radius 3 is 2.24 bits per heavy atom. The van der Waals surface area contributed by atoms with Gasteiger partial charge in [-0.05, 0) is 45.3 Å². The fourth-order valence-electron chi connectivity index (χ4n) is 3.28. The Morgan fingerprint density at radius 2 is 1.76 bits per heavy atom. The molecule has 1 heterocycles. The van der Waals surface area contributed by atoms with E-state index in [0.717, 1.165) is 25.9 Å². The van der Waals surface area contributed by atoms with E-state index in [9.17, 15) is 4.79 Å². The van der Waals surface area contributed by atoms with Gasteiger partial charge in [-0.15, -0.1) is 0 Å². The first-order chi connectivity index (χ1) is 9.94. The highest BCUT2D eigenvalue weighted by atomic mass is 16.2. The molecule has 3 nitrogen and oxygen atoms in total. The van der Waals surface area contributed by atoms with Crippen LogP contribution in [0.15, 0.2) is 30.3 Å². The smallest absolute Gasteiger partial charge is 0.222 e. The maximum Gasteiger partial charge on any atom is 0.222 e. The molecule has 1 aliphatic rings. The fourth-order valence-corrected chi connectivity index (χ4v) is 3.28. The summed E-state index contributed by atoms with van der Waals surface area (Å²) in [6, 6.07) is 11.2. The molecule has 0 aliphatic carbocycles. The lowest BCUT2D eigenvalue weighted by Gasteiger charge is -2.43. The van der Waals surface area contributed by atoms with E-state index in [1.165, 1.54) is 5.56 Å². The van der Waals surface area contributed by atoms with Crippen molar-refractivity contribution in [1.29, 1.82) is 0 Å². The van der Waals surface area contributed by atoms with Crippen molar-refractivity contribution < 1.29 is 4.79 Å². The first kappa shape index (κ1) is 16.0. The SMILES string of the molecule is CC(C)N1CCC(CC(=O)N(C)C)(c2ccccc2)CC1. The van der Waals surface area contributed by atoms with Crippen LogP contribution in [-0.4, -0.2) is 48.9 Å². The molecule has 0 atom stereocenters. The van der Waals surface area contributed by atoms with Gasteiger partial charge in [0.2, 0.25) is 5.91 Å². The average molecular weight is 288 g/mol. The number of hydrogen-bond donors (Lipinski definition) is 0. The Morgan fingerprint density at radius 1 is 1.19 bits per heavy atom. The van der Waals surface area contributed by atoms with Crippen molar-refractivity contribution in [3.05, 3.63) is 35.9 Å². The fraction of sp³-hybridized carbons (Fsp3) is 0.611. The Kier molecular flexibility index (Phi) is 5.04. The zero-order valence-corrected chi connectivity index (χ0v) is 13.8. The van der Waals surface area contributed by atoms with Gasteiger partial charge in [0.15, 0.2) is 0 Å². The molecule has 3 heteroatoms. The number of nitrogens with zero attached hydrogens (tertiary/aromatic N) is 2. The first-order valence-electron chi connectivity index (χ1n) is 7.94. The number of amides is 1. The predicted octanol–water partition coefficient (Wildman–Crippen LogP) is 2.91. The van der Waals surface area contributed by atoms with Crippen LogP contribution in [0.5, 0.6) is 0 Å². The van der Waals surface area contributed by atoms with Crippen LogP contribution < -0.4 is 0 Å². The summed E-state index contributed by atoms with van der Waals surface area (Å²) in [7, 11) is 3.70. The van der Waals surface area contributed by atoms with Gasteiger partial charge in [0, 0.05) is 32.0 Å². The third kappa shape index (κ3) is 3.65. The Labute approximate surface area is 128 Å². The van der Waals surface area contributed by atoms with Crippen molar-refractivity contribution in [2.24, 2.45) is 0 Å². The van der Waals surface area contributed by atoms with Gasteiger partial charge >= 0.3 is 0 Å². The van der Waals surface area contributed by atoms with Crippen LogP contribution in [0.2, 0.25) is 0 Å². The van der Waals surface area contributed by atoms with E-state index in [1.807, 2.05) is 20.2 Å². The van der Waals surface area contributed by atoms with Crippen molar-refractivity contribution >= 4 is 5.91 Å². The number of likely N-dealkylation sites (tertiary alicyclic amines) is 1. The van der Waals surface area contributed by atoms with Crippen LogP contribution >= 0.6 is 0 Å². The van der Waals surface area contributed by atoms with Gasteiger partial charge in [0.05, 0.1) is 0 Å². The minimum absolute atomic E-state index is 0.00794. The Balaban J connectivity index is 2.22. The monoisotopic (exact) mass is 288 g/mol. The Bertz CT molecular complexity index is 459. The lowest BCUT2D eigenvalue weighted by Crippen LogP contribution is -2.47. The van der Waals surface area contributed by atoms with Crippen LogP contribution in [0.1, 0.15) is 38.7 Å². The van der Waals surface area contributed by atoms with E-state index >= 15 is 0 Å². The molecule has 0 saturated carbocycles. The number of hydrogen-bond acceptors (Lipinski definition) is 2. The summed E-state index contributed by atoms with van der Waals surface area (Å²) in [5.74, 6) is 0.233. The molecular formula is C18H28N2O. The van der Waals surface area contributed by atoms with Crippen molar-refractivity contribution in [2.75, 3.05) is 27.2 Å². The highest BCUT2D eigenvalue weighted by Crippen LogP contribution is 2.39. The molecule has 116 valence electrons. The molecule has 0 unspecified atom stereocenters. The molecule has 21 heavy (non-hydrogen) atoms. The van der Waals surface area contributed by atoms with Crippen LogP contribution in [0.25, 0.3) is 0 Å². The van der Waals surface area contributed by atoms with Crippen molar-refractivity contribution in [2.45, 2.75) is 44.6 Å². The van der Waals surface area contributed by atoms with Crippen LogP contribution in [0.3, 0.4) is 0 Å². The van der Waals surface area contributed by atoms with Crippen molar-refractivity contribution in [3.63, 3.8) is 0 Å². The molecule has 1 saturated heterocycles. The topological polar surface area (TPSA) is 23.6 Å². The van der Waals surface area contributed by atoms with Gasteiger partial charge in [0.1, 0.15) is 0 Å². The van der Waals surface area contributed by atoms with Gasteiger partial charge in [-0.3, -0.25) is 4.79 Å². The summed E-state index contributed by atoms with van der Waals surface area (Å²) >= 11 is 0. The van der Waals surface area contributed by atoms with Crippen LogP contribution in [-0.2, 0) is 10.2 Å². The quantitative estimate of drug-likeness (QED) is 0.850. The normalized spacial score (nSPS) is 18.7. The standard InChI is InChI=1S/C18H28N2O/c1-15(2)20-12-10-18(11-13-20,14-17(21)19(3)4)16-8-6-5-7-9-16/h5-9,15H,10-14H2,1-4H3. The molecule has 0 N–H and O–H groups in total. The van der Waals surface area contributed by atoms with Gasteiger partial charge in [0.25, 0.3) is 0 Å². The van der Waals surface area contributed by atoms with E-state index in [4.69, 9.17) is 0 Å². The number of carbonyl (C=O) groups excluding carboxylic acids is 1. The third-order valence-electron chi connectivity index (χ3n) is 4.86. The second-order valence-electron chi connectivity index (χ2n) is 6.74. The third-order valence-corrected chi connectivity index (χ3v) is 4.86. The van der Waals surface area contributed by atoms with E-state index < -0.39 is 0 Å². The van der Waals surface area contributed by atoms with Crippen molar-refractivity contribution in [1.82, 2.24) is 9.80 Å². The summed E-state index contributed by atoms with van der Waals surface area (Å²) in [6.45, 7) is 6.65. The number of benzene rings is 1. The van der Waals surface area contributed by atoms with Crippen molar-refractivity contribution in [3.8, 4) is 0 Å². The zero-order valence-electron chi connectivity index (χ0n) is 13.8. The van der Waals surface area contributed by atoms with E-state index in [-0.39, 0.29) is 11.3 Å². The molecule has 2 rings (SSSR count). The first-order valence-corrected chi connectivity index (χ1v) is 7.94. The molecule has 0 spiro atoms. The Hall–Kier alpha value is -1.35. The van der Waals surface area contributed by atoms with Crippen LogP contribution in [0.4, 0.5) is 0 Å². The summed E-state index contributed by atoms with van der Waals surface area (Å²) in [4.78, 5) is 16.6. The second kappa shape index (κ2) is 6.61. The second-order valence-corrected chi connectivity index (χ2v) is 6.74. The summed E-state index contributed by atoms with van der Waals surface area (Å²) in [5, 5.41) is 0. The minimum Gasteiger partial charge on any atom is -0.349 e. The summed E-state index contributed by atoms with van der Waals surface area (Å²) in [6.07, 6.45) is 2.75. The predicted molar refractivity (Wildman–Crippen MR) is 87.4 cm³/mol.